The van der Waals surface area contributed by atoms with Crippen molar-refractivity contribution in [2.24, 2.45) is 0 Å². The molecule has 1 saturated heterocycles. The van der Waals surface area contributed by atoms with Crippen molar-refractivity contribution in [2.45, 2.75) is 13.0 Å². The maximum atomic E-state index is 12.4. The lowest BCUT2D eigenvalue weighted by molar-refractivity contribution is -0.131. The molecule has 0 spiro atoms. The van der Waals surface area contributed by atoms with Crippen LogP contribution in [0, 0.1) is 0 Å². The lowest BCUT2D eigenvalue weighted by atomic mass is 10.2. The quantitative estimate of drug-likeness (QED) is 0.728. The van der Waals surface area contributed by atoms with Gasteiger partial charge in [0.1, 0.15) is 6.54 Å². The Bertz CT molecular complexity index is 877. The Hall–Kier alpha value is -2.61. The summed E-state index contributed by atoms with van der Waals surface area (Å²) in [6, 6.07) is 13.2. The SMILES string of the molecule is O=C(Cn1cc(Br)ccc1=O)NCCC(=O)N1CCN(c2ccccc2)CC1. The van der Waals surface area contributed by atoms with Gasteiger partial charge < -0.3 is 19.7 Å². The summed E-state index contributed by atoms with van der Waals surface area (Å²) in [5, 5.41) is 2.71. The van der Waals surface area contributed by atoms with E-state index >= 15 is 0 Å². The molecule has 0 saturated carbocycles. The number of carbonyl (C=O) groups is 2. The van der Waals surface area contributed by atoms with E-state index in [0.717, 1.165) is 17.6 Å². The molecule has 1 aromatic heterocycles. The zero-order chi connectivity index (χ0) is 19.9. The number of halogens is 1. The number of nitrogens with zero attached hydrogens (tertiary/aromatic N) is 3. The number of piperazine rings is 1. The zero-order valence-corrected chi connectivity index (χ0v) is 17.1. The monoisotopic (exact) mass is 446 g/mol. The van der Waals surface area contributed by atoms with E-state index in [-0.39, 0.29) is 36.9 Å². The van der Waals surface area contributed by atoms with Crippen LogP contribution in [-0.4, -0.2) is 54.0 Å². The molecule has 148 valence electrons. The number of aromatic nitrogens is 1. The number of benzene rings is 1. The molecule has 0 aliphatic carbocycles. The van der Waals surface area contributed by atoms with Crippen molar-refractivity contribution in [1.82, 2.24) is 14.8 Å². The number of pyridine rings is 1. The van der Waals surface area contributed by atoms with Gasteiger partial charge in [0.05, 0.1) is 0 Å². The largest absolute Gasteiger partial charge is 0.368 e. The van der Waals surface area contributed by atoms with Crippen LogP contribution in [0.1, 0.15) is 6.42 Å². The first kappa shape index (κ1) is 20.1. The summed E-state index contributed by atoms with van der Waals surface area (Å²) in [4.78, 5) is 40.2. The Morgan fingerprint density at radius 1 is 1.00 bits per heavy atom. The average Bonchev–Trinajstić information content (AvgIpc) is 2.71. The van der Waals surface area contributed by atoms with Gasteiger partial charge in [-0.05, 0) is 34.1 Å². The van der Waals surface area contributed by atoms with Gasteiger partial charge in [0, 0.05) is 61.6 Å². The molecule has 1 N–H and O–H groups in total. The molecule has 28 heavy (non-hydrogen) atoms. The number of carbonyl (C=O) groups excluding carboxylic acids is 2. The Morgan fingerprint density at radius 2 is 1.71 bits per heavy atom. The molecule has 1 aromatic carbocycles. The highest BCUT2D eigenvalue weighted by atomic mass is 79.9. The van der Waals surface area contributed by atoms with Crippen molar-refractivity contribution >= 4 is 33.4 Å². The van der Waals surface area contributed by atoms with Gasteiger partial charge in [0.2, 0.25) is 11.8 Å². The summed E-state index contributed by atoms with van der Waals surface area (Å²) >= 11 is 3.28. The Morgan fingerprint density at radius 3 is 2.43 bits per heavy atom. The summed E-state index contributed by atoms with van der Waals surface area (Å²) in [5.74, 6) is -0.255. The third-order valence-electron chi connectivity index (χ3n) is 4.68. The minimum Gasteiger partial charge on any atom is -0.368 e. The predicted octanol–water partition coefficient (Wildman–Crippen LogP) is 1.47. The van der Waals surface area contributed by atoms with Crippen molar-refractivity contribution in [2.75, 3.05) is 37.6 Å². The van der Waals surface area contributed by atoms with E-state index in [0.29, 0.717) is 13.1 Å². The first-order valence-corrected chi connectivity index (χ1v) is 10.0. The van der Waals surface area contributed by atoms with Crippen LogP contribution in [0.15, 0.2) is 57.9 Å². The molecular weight excluding hydrogens is 424 g/mol. The molecule has 2 heterocycles. The number of para-hydroxylation sites is 1. The normalized spacial score (nSPS) is 14.0. The first-order valence-electron chi connectivity index (χ1n) is 9.23. The molecule has 0 atom stereocenters. The van der Waals surface area contributed by atoms with Crippen molar-refractivity contribution < 1.29 is 9.59 Å². The maximum absolute atomic E-state index is 12.4. The minimum atomic E-state index is -0.290. The molecule has 3 rings (SSSR count). The van der Waals surface area contributed by atoms with Crippen molar-refractivity contribution in [3.63, 3.8) is 0 Å². The van der Waals surface area contributed by atoms with Crippen molar-refractivity contribution in [3.05, 3.63) is 63.5 Å². The van der Waals surface area contributed by atoms with Crippen LogP contribution < -0.4 is 15.8 Å². The second kappa shape index (κ2) is 9.54. The molecule has 2 amide bonds. The van der Waals surface area contributed by atoms with E-state index in [9.17, 15) is 14.4 Å². The molecule has 0 unspecified atom stereocenters. The lowest BCUT2D eigenvalue weighted by Crippen LogP contribution is -2.49. The highest BCUT2D eigenvalue weighted by Crippen LogP contribution is 2.15. The number of hydrogen-bond donors (Lipinski definition) is 1. The summed E-state index contributed by atoms with van der Waals surface area (Å²) in [6.07, 6.45) is 1.82. The fourth-order valence-electron chi connectivity index (χ4n) is 3.16. The fourth-order valence-corrected chi connectivity index (χ4v) is 3.54. The van der Waals surface area contributed by atoms with Gasteiger partial charge in [-0.1, -0.05) is 18.2 Å². The van der Waals surface area contributed by atoms with Crippen molar-refractivity contribution in [1.29, 1.82) is 0 Å². The summed E-state index contributed by atoms with van der Waals surface area (Å²) < 4.78 is 2.05. The predicted molar refractivity (Wildman–Crippen MR) is 111 cm³/mol. The molecule has 1 fully saturated rings. The van der Waals surface area contributed by atoms with Crippen molar-refractivity contribution in [3.8, 4) is 0 Å². The maximum Gasteiger partial charge on any atom is 0.251 e. The van der Waals surface area contributed by atoms with Crippen LogP contribution in [0.2, 0.25) is 0 Å². The highest BCUT2D eigenvalue weighted by molar-refractivity contribution is 9.10. The standard InChI is InChI=1S/C20H23BrN4O3/c21-16-6-7-19(27)25(14-16)15-18(26)22-9-8-20(28)24-12-10-23(11-13-24)17-4-2-1-3-5-17/h1-7,14H,8-13,15H2,(H,22,26). The van der Waals surface area contributed by atoms with E-state index in [1.54, 1.807) is 12.3 Å². The molecule has 0 bridgehead atoms. The van der Waals surface area contributed by atoms with Gasteiger partial charge >= 0.3 is 0 Å². The third-order valence-corrected chi connectivity index (χ3v) is 5.15. The summed E-state index contributed by atoms with van der Waals surface area (Å²) in [7, 11) is 0. The van der Waals surface area contributed by atoms with Crippen LogP contribution in [0.4, 0.5) is 5.69 Å². The molecule has 0 radical (unpaired) electrons. The number of rotatable bonds is 6. The van der Waals surface area contributed by atoms with E-state index in [4.69, 9.17) is 0 Å². The lowest BCUT2D eigenvalue weighted by Gasteiger charge is -2.36. The van der Waals surface area contributed by atoms with Crippen LogP contribution in [0.5, 0.6) is 0 Å². The summed E-state index contributed by atoms with van der Waals surface area (Å²) in [6.45, 7) is 3.15. The Kier molecular flexibility index (Phi) is 6.86. The van der Waals surface area contributed by atoms with Gasteiger partial charge in [-0.2, -0.15) is 0 Å². The molecular formula is C20H23BrN4O3. The second-order valence-corrected chi connectivity index (χ2v) is 7.53. The Balaban J connectivity index is 1.39. The number of hydrogen-bond acceptors (Lipinski definition) is 4. The average molecular weight is 447 g/mol. The molecule has 1 aliphatic heterocycles. The number of anilines is 1. The van der Waals surface area contributed by atoms with Crippen LogP contribution >= 0.6 is 15.9 Å². The van der Waals surface area contributed by atoms with Crippen LogP contribution in [-0.2, 0) is 16.1 Å². The van der Waals surface area contributed by atoms with Gasteiger partial charge in [-0.25, -0.2) is 0 Å². The fraction of sp³-hybridized carbons (Fsp3) is 0.350. The molecule has 7 nitrogen and oxygen atoms in total. The third kappa shape index (κ3) is 5.45. The Labute approximate surface area is 172 Å². The van der Waals surface area contributed by atoms with Gasteiger partial charge in [0.25, 0.3) is 5.56 Å². The van der Waals surface area contributed by atoms with Gasteiger partial charge in [-0.15, -0.1) is 0 Å². The highest BCUT2D eigenvalue weighted by Gasteiger charge is 2.21. The molecule has 2 aromatic rings. The second-order valence-electron chi connectivity index (χ2n) is 6.62. The van der Waals surface area contributed by atoms with Gasteiger partial charge in [0.15, 0.2) is 0 Å². The molecule has 8 heteroatoms. The number of nitrogens with one attached hydrogen (secondary N) is 1. The first-order chi connectivity index (χ1) is 13.5. The summed E-state index contributed by atoms with van der Waals surface area (Å²) in [5.41, 5.74) is 0.926. The van der Waals surface area contributed by atoms with E-state index < -0.39 is 0 Å². The van der Waals surface area contributed by atoms with E-state index in [2.05, 4.69) is 38.3 Å². The van der Waals surface area contributed by atoms with E-state index in [1.165, 1.54) is 16.3 Å². The smallest absolute Gasteiger partial charge is 0.251 e. The van der Waals surface area contributed by atoms with Crippen LogP contribution in [0.3, 0.4) is 0 Å². The van der Waals surface area contributed by atoms with E-state index in [1.807, 2.05) is 23.1 Å². The minimum absolute atomic E-state index is 0.0348. The van der Waals surface area contributed by atoms with Gasteiger partial charge in [-0.3, -0.25) is 14.4 Å². The van der Waals surface area contributed by atoms with Crippen LogP contribution in [0.25, 0.3) is 0 Å². The topological polar surface area (TPSA) is 74.6 Å². The molecule has 1 aliphatic rings. The zero-order valence-electron chi connectivity index (χ0n) is 15.5. The number of amides is 2.